The molecule has 1 aliphatic heterocycles. The number of nitrogens with zero attached hydrogens (tertiary/aromatic N) is 1. The summed E-state index contributed by atoms with van der Waals surface area (Å²) in [5.41, 5.74) is 0. The van der Waals surface area contributed by atoms with Crippen molar-refractivity contribution in [2.75, 3.05) is 33.9 Å². The standard InChI is InChI=1S/C15H21NO4/c1-18-12-7-6-8-13(15(12)19-2)20-11-14(17)16-9-4-3-5-10-16/h6-8H,3-5,9-11H2,1-2H3. The van der Waals surface area contributed by atoms with Gasteiger partial charge in [0.2, 0.25) is 5.75 Å². The fourth-order valence-corrected chi connectivity index (χ4v) is 2.35. The molecule has 0 aliphatic carbocycles. The highest BCUT2D eigenvalue weighted by Gasteiger charge is 2.18. The fourth-order valence-electron chi connectivity index (χ4n) is 2.35. The number of ether oxygens (including phenoxy) is 3. The number of piperidine rings is 1. The number of hydrogen-bond donors (Lipinski definition) is 0. The van der Waals surface area contributed by atoms with Gasteiger partial charge in [0, 0.05) is 13.1 Å². The van der Waals surface area contributed by atoms with Gasteiger partial charge in [-0.3, -0.25) is 4.79 Å². The van der Waals surface area contributed by atoms with E-state index in [2.05, 4.69) is 0 Å². The summed E-state index contributed by atoms with van der Waals surface area (Å²) < 4.78 is 16.1. The van der Waals surface area contributed by atoms with Crippen LogP contribution in [0.3, 0.4) is 0 Å². The maximum atomic E-state index is 12.1. The van der Waals surface area contributed by atoms with Gasteiger partial charge in [-0.2, -0.15) is 0 Å². The summed E-state index contributed by atoms with van der Waals surface area (Å²) in [5, 5.41) is 0. The molecule has 1 saturated heterocycles. The van der Waals surface area contributed by atoms with Crippen molar-refractivity contribution in [2.45, 2.75) is 19.3 Å². The van der Waals surface area contributed by atoms with E-state index in [-0.39, 0.29) is 12.5 Å². The van der Waals surface area contributed by atoms with E-state index in [1.165, 1.54) is 6.42 Å². The van der Waals surface area contributed by atoms with Gasteiger partial charge in [0.1, 0.15) is 0 Å². The number of benzene rings is 1. The van der Waals surface area contributed by atoms with E-state index in [9.17, 15) is 4.79 Å². The van der Waals surface area contributed by atoms with Crippen LogP contribution >= 0.6 is 0 Å². The molecule has 20 heavy (non-hydrogen) atoms. The molecule has 5 heteroatoms. The smallest absolute Gasteiger partial charge is 0.260 e. The highest BCUT2D eigenvalue weighted by molar-refractivity contribution is 5.78. The minimum atomic E-state index is 0.0228. The molecular weight excluding hydrogens is 258 g/mol. The second-order valence-corrected chi connectivity index (χ2v) is 4.72. The van der Waals surface area contributed by atoms with Gasteiger partial charge in [-0.1, -0.05) is 6.07 Å². The Morgan fingerprint density at radius 2 is 1.80 bits per heavy atom. The SMILES string of the molecule is COc1cccc(OCC(=O)N2CCCCC2)c1OC. The molecule has 5 nitrogen and oxygen atoms in total. The first-order chi connectivity index (χ1) is 9.76. The van der Waals surface area contributed by atoms with Gasteiger partial charge in [-0.05, 0) is 31.4 Å². The molecule has 110 valence electrons. The van der Waals surface area contributed by atoms with Crippen LogP contribution in [0.25, 0.3) is 0 Å². The lowest BCUT2D eigenvalue weighted by molar-refractivity contribution is -0.134. The van der Waals surface area contributed by atoms with Gasteiger partial charge in [0.05, 0.1) is 14.2 Å². The van der Waals surface area contributed by atoms with E-state index in [1.807, 2.05) is 11.0 Å². The molecule has 1 fully saturated rings. The monoisotopic (exact) mass is 279 g/mol. The van der Waals surface area contributed by atoms with Crippen LogP contribution < -0.4 is 14.2 Å². The van der Waals surface area contributed by atoms with E-state index in [0.717, 1.165) is 25.9 Å². The highest BCUT2D eigenvalue weighted by atomic mass is 16.5. The number of para-hydroxylation sites is 1. The Bertz CT molecular complexity index is 455. The first-order valence-electron chi connectivity index (χ1n) is 6.88. The maximum absolute atomic E-state index is 12.1. The number of rotatable bonds is 5. The third kappa shape index (κ3) is 3.35. The Balaban J connectivity index is 1.98. The van der Waals surface area contributed by atoms with Crippen molar-refractivity contribution in [1.82, 2.24) is 4.90 Å². The molecule has 0 aromatic heterocycles. The largest absolute Gasteiger partial charge is 0.493 e. The summed E-state index contributed by atoms with van der Waals surface area (Å²) in [6, 6.07) is 5.37. The van der Waals surface area contributed by atoms with Gasteiger partial charge in [0.15, 0.2) is 18.1 Å². The summed E-state index contributed by atoms with van der Waals surface area (Å²) in [6.07, 6.45) is 3.36. The van der Waals surface area contributed by atoms with E-state index >= 15 is 0 Å². The van der Waals surface area contributed by atoms with Crippen LogP contribution in [-0.2, 0) is 4.79 Å². The Kier molecular flexibility index (Phi) is 5.09. The van der Waals surface area contributed by atoms with Crippen LogP contribution in [0.5, 0.6) is 17.2 Å². The number of carbonyl (C=O) groups excluding carboxylic acids is 1. The Labute approximate surface area is 119 Å². The van der Waals surface area contributed by atoms with Gasteiger partial charge >= 0.3 is 0 Å². The van der Waals surface area contributed by atoms with E-state index in [1.54, 1.807) is 26.4 Å². The summed E-state index contributed by atoms with van der Waals surface area (Å²) in [4.78, 5) is 13.9. The van der Waals surface area contributed by atoms with Crippen molar-refractivity contribution in [1.29, 1.82) is 0 Å². The number of amides is 1. The minimum Gasteiger partial charge on any atom is -0.493 e. The van der Waals surface area contributed by atoms with Gasteiger partial charge < -0.3 is 19.1 Å². The van der Waals surface area contributed by atoms with E-state index < -0.39 is 0 Å². The molecule has 0 unspecified atom stereocenters. The summed E-state index contributed by atoms with van der Waals surface area (Å²) in [7, 11) is 3.12. The van der Waals surface area contributed by atoms with Crippen molar-refractivity contribution >= 4 is 5.91 Å². The van der Waals surface area contributed by atoms with Crippen LogP contribution in [0.15, 0.2) is 18.2 Å². The molecule has 1 heterocycles. The van der Waals surface area contributed by atoms with Crippen molar-refractivity contribution in [3.63, 3.8) is 0 Å². The Hall–Kier alpha value is -1.91. The minimum absolute atomic E-state index is 0.0228. The van der Waals surface area contributed by atoms with Crippen LogP contribution in [0.1, 0.15) is 19.3 Å². The zero-order valence-corrected chi connectivity index (χ0v) is 12.1. The van der Waals surface area contributed by atoms with Crippen molar-refractivity contribution < 1.29 is 19.0 Å². The number of methoxy groups -OCH3 is 2. The predicted octanol–water partition coefficient (Wildman–Crippen LogP) is 2.10. The molecule has 1 amide bonds. The average Bonchev–Trinajstić information content (AvgIpc) is 2.52. The van der Waals surface area contributed by atoms with Crippen molar-refractivity contribution in [3.05, 3.63) is 18.2 Å². The lowest BCUT2D eigenvalue weighted by atomic mass is 10.1. The molecule has 0 saturated carbocycles. The van der Waals surface area contributed by atoms with Gasteiger partial charge in [-0.15, -0.1) is 0 Å². The third-order valence-corrected chi connectivity index (χ3v) is 3.43. The number of likely N-dealkylation sites (tertiary alicyclic amines) is 1. The maximum Gasteiger partial charge on any atom is 0.260 e. The molecule has 0 bridgehead atoms. The van der Waals surface area contributed by atoms with Crippen LogP contribution in [-0.4, -0.2) is 44.7 Å². The number of carbonyl (C=O) groups is 1. The second kappa shape index (κ2) is 7.03. The van der Waals surface area contributed by atoms with Crippen LogP contribution in [0.4, 0.5) is 0 Å². The summed E-state index contributed by atoms with van der Waals surface area (Å²) >= 11 is 0. The van der Waals surface area contributed by atoms with Crippen molar-refractivity contribution in [3.8, 4) is 17.2 Å². The lowest BCUT2D eigenvalue weighted by Crippen LogP contribution is -2.38. The second-order valence-electron chi connectivity index (χ2n) is 4.72. The fraction of sp³-hybridized carbons (Fsp3) is 0.533. The molecule has 0 N–H and O–H groups in total. The van der Waals surface area contributed by atoms with Gasteiger partial charge in [0.25, 0.3) is 5.91 Å². The molecule has 0 spiro atoms. The first-order valence-corrected chi connectivity index (χ1v) is 6.88. The summed E-state index contributed by atoms with van der Waals surface area (Å²) in [5.74, 6) is 1.66. The third-order valence-electron chi connectivity index (χ3n) is 3.43. The van der Waals surface area contributed by atoms with Crippen LogP contribution in [0.2, 0.25) is 0 Å². The molecule has 0 radical (unpaired) electrons. The number of hydrogen-bond acceptors (Lipinski definition) is 4. The Morgan fingerprint density at radius 1 is 1.10 bits per heavy atom. The zero-order valence-electron chi connectivity index (χ0n) is 12.1. The van der Waals surface area contributed by atoms with Crippen molar-refractivity contribution in [2.24, 2.45) is 0 Å². The van der Waals surface area contributed by atoms with Crippen LogP contribution in [0, 0.1) is 0 Å². The quantitative estimate of drug-likeness (QED) is 0.828. The molecule has 1 aromatic rings. The first kappa shape index (κ1) is 14.5. The normalized spacial score (nSPS) is 14.8. The zero-order chi connectivity index (χ0) is 14.4. The average molecular weight is 279 g/mol. The molecule has 2 rings (SSSR count). The highest BCUT2D eigenvalue weighted by Crippen LogP contribution is 2.36. The Morgan fingerprint density at radius 3 is 2.45 bits per heavy atom. The van der Waals surface area contributed by atoms with E-state index in [4.69, 9.17) is 14.2 Å². The predicted molar refractivity (Wildman–Crippen MR) is 75.5 cm³/mol. The lowest BCUT2D eigenvalue weighted by Gasteiger charge is -2.26. The molecular formula is C15H21NO4. The van der Waals surface area contributed by atoms with Gasteiger partial charge in [-0.25, -0.2) is 0 Å². The molecule has 1 aliphatic rings. The molecule has 1 aromatic carbocycles. The summed E-state index contributed by atoms with van der Waals surface area (Å²) in [6.45, 7) is 1.69. The molecule has 0 atom stereocenters. The topological polar surface area (TPSA) is 48.0 Å². The van der Waals surface area contributed by atoms with E-state index in [0.29, 0.717) is 17.2 Å².